The Hall–Kier alpha value is -6.70. The van der Waals surface area contributed by atoms with Crippen molar-refractivity contribution < 1.29 is 45.5 Å². The zero-order valence-electron chi connectivity index (χ0n) is 55.4. The van der Waals surface area contributed by atoms with E-state index >= 15 is 0 Å². The summed E-state index contributed by atoms with van der Waals surface area (Å²) < 4.78 is 279. The lowest BCUT2D eigenvalue weighted by Crippen LogP contribution is -1.91. The molecule has 0 N–H and O–H groups in total. The van der Waals surface area contributed by atoms with Gasteiger partial charge in [-0.05, 0) is 117 Å². The topological polar surface area (TPSA) is 13.1 Å². The molecular formula is C50H30O. The molecule has 0 aliphatic carbocycles. The second kappa shape index (κ2) is 10.9. The van der Waals surface area contributed by atoms with Crippen molar-refractivity contribution in [1.29, 1.82) is 0 Å². The van der Waals surface area contributed by atoms with Crippen LogP contribution < -0.4 is 0 Å². The highest BCUT2D eigenvalue weighted by Crippen LogP contribution is 2.46. The Balaban J connectivity index is 1.41. The molecule has 1 heteroatoms. The van der Waals surface area contributed by atoms with E-state index in [0.29, 0.717) is 0 Å². The van der Waals surface area contributed by atoms with Crippen molar-refractivity contribution in [2.24, 2.45) is 0 Å². The number of rotatable bonds is 3. The first-order valence-electron chi connectivity index (χ1n) is 30.2. The molecule has 0 amide bonds. The normalized spacial score (nSPS) is 20.2. The molecule has 51 heavy (non-hydrogen) atoms. The fourth-order valence-corrected chi connectivity index (χ4v) is 6.36. The number of furan rings is 1. The number of benzene rings is 10. The van der Waals surface area contributed by atoms with Crippen molar-refractivity contribution in [1.82, 2.24) is 0 Å². The molecule has 0 aliphatic rings. The van der Waals surface area contributed by atoms with Crippen LogP contribution >= 0.6 is 0 Å². The minimum Gasteiger partial charge on any atom is -0.456 e. The van der Waals surface area contributed by atoms with E-state index in [1.807, 2.05) is 0 Å². The summed E-state index contributed by atoms with van der Waals surface area (Å²) in [5.74, 6) is 0. The van der Waals surface area contributed by atoms with Crippen molar-refractivity contribution in [2.75, 3.05) is 0 Å². The third-order valence-electron chi connectivity index (χ3n) is 8.51. The highest BCUT2D eigenvalue weighted by atomic mass is 16.3. The first kappa shape index (κ1) is 11.7. The van der Waals surface area contributed by atoms with Gasteiger partial charge in [-0.3, -0.25) is 0 Å². The minimum atomic E-state index is -1.14. The first-order valence-corrected chi connectivity index (χ1v) is 15.2. The maximum absolute atomic E-state index is 10.1. The van der Waals surface area contributed by atoms with E-state index < -0.39 is 290 Å². The molecule has 0 atom stereocenters. The quantitative estimate of drug-likeness (QED) is 0.134. The van der Waals surface area contributed by atoms with Crippen LogP contribution in [0.3, 0.4) is 0 Å². The van der Waals surface area contributed by atoms with E-state index in [2.05, 4.69) is 0 Å². The molecule has 0 saturated carbocycles. The SMILES string of the molecule is [2H]c1c([2H])c(-c2c3c([2H])c([2H])c([2H])c([2H])c3c(-c3c([2H])c([2H])c4oc5c([2H])c6c([2H])c([2H])c([2H])c([2H])c6c([2H])c5c4c3[2H])c3c([2H])c([2H])c([2H])c([2H])c23)c([2H])c(-c2c([2H])c([2H])c([2H])c3c([2H])c([2H])c4c([2H])c([2H])c([2H])c([2H])c4c23)c1[2H]. The van der Waals surface area contributed by atoms with Gasteiger partial charge in [0.1, 0.15) is 11.2 Å². The van der Waals surface area contributed by atoms with E-state index in [0.717, 1.165) is 0 Å². The monoisotopic (exact) mass is 676 g/mol. The average molecular weight is 677 g/mol. The van der Waals surface area contributed by atoms with Crippen LogP contribution in [0.1, 0.15) is 41.1 Å². The number of hydrogen-bond donors (Lipinski definition) is 0. The fraction of sp³-hybridized carbons (Fsp3) is 0. The molecule has 0 fully saturated rings. The summed E-state index contributed by atoms with van der Waals surface area (Å²) in [6, 6.07) is -28.3. The van der Waals surface area contributed by atoms with Crippen LogP contribution in [0, 0.1) is 0 Å². The molecule has 0 saturated heterocycles. The molecule has 0 unspecified atom stereocenters. The summed E-state index contributed by atoms with van der Waals surface area (Å²) in [5, 5.41) is -7.75. The van der Waals surface area contributed by atoms with Crippen LogP contribution in [0.4, 0.5) is 0 Å². The molecule has 0 radical (unpaired) electrons. The van der Waals surface area contributed by atoms with Gasteiger partial charge in [0.25, 0.3) is 0 Å². The lowest BCUT2D eigenvalue weighted by atomic mass is 9.85. The summed E-state index contributed by atoms with van der Waals surface area (Å²) >= 11 is 0. The Morgan fingerprint density at radius 3 is 1.57 bits per heavy atom. The van der Waals surface area contributed by atoms with Gasteiger partial charge >= 0.3 is 0 Å². The molecule has 11 rings (SSSR count). The van der Waals surface area contributed by atoms with Crippen molar-refractivity contribution in [3.8, 4) is 33.4 Å². The van der Waals surface area contributed by atoms with Crippen LogP contribution in [0.5, 0.6) is 0 Å². The molecule has 11 aromatic rings. The van der Waals surface area contributed by atoms with Crippen LogP contribution in [0.25, 0.3) is 109 Å². The predicted molar refractivity (Wildman–Crippen MR) is 218 cm³/mol. The highest BCUT2D eigenvalue weighted by Gasteiger charge is 2.19. The van der Waals surface area contributed by atoms with Gasteiger partial charge in [0, 0.05) is 10.8 Å². The van der Waals surface area contributed by atoms with Gasteiger partial charge in [0.2, 0.25) is 0 Å². The van der Waals surface area contributed by atoms with Crippen LogP contribution in [-0.2, 0) is 0 Å². The van der Waals surface area contributed by atoms with Crippen molar-refractivity contribution >= 4 is 75.8 Å². The second-order valence-corrected chi connectivity index (χ2v) is 11.3. The van der Waals surface area contributed by atoms with E-state index in [-0.39, 0.29) is 0 Å². The van der Waals surface area contributed by atoms with Gasteiger partial charge in [0.05, 0.1) is 41.1 Å². The summed E-state index contributed by atoms with van der Waals surface area (Å²) in [7, 11) is 0. The van der Waals surface area contributed by atoms with E-state index in [1.54, 1.807) is 0 Å². The summed E-state index contributed by atoms with van der Waals surface area (Å²) in [6.45, 7) is 0. The maximum atomic E-state index is 10.1. The van der Waals surface area contributed by atoms with E-state index in [1.165, 1.54) is 0 Å². The van der Waals surface area contributed by atoms with Gasteiger partial charge in [-0.1, -0.05) is 151 Å². The largest absolute Gasteiger partial charge is 0.456 e. The Morgan fingerprint density at radius 1 is 0.314 bits per heavy atom. The number of fused-ring (bicyclic) bond motifs is 9. The Morgan fingerprint density at radius 2 is 0.843 bits per heavy atom. The lowest BCUT2D eigenvalue weighted by Gasteiger charge is -2.18. The maximum Gasteiger partial charge on any atom is 0.136 e. The fourth-order valence-electron chi connectivity index (χ4n) is 6.36. The van der Waals surface area contributed by atoms with Gasteiger partial charge in [-0.15, -0.1) is 0 Å². The lowest BCUT2D eigenvalue weighted by molar-refractivity contribution is 0.669. The van der Waals surface area contributed by atoms with Gasteiger partial charge in [-0.2, -0.15) is 0 Å². The molecule has 0 aliphatic heterocycles. The van der Waals surface area contributed by atoms with Gasteiger partial charge in [-0.25, -0.2) is 0 Å². The molecule has 10 aromatic carbocycles. The molecule has 0 spiro atoms. The second-order valence-electron chi connectivity index (χ2n) is 11.3. The Labute approximate surface area is 336 Å². The Kier molecular flexibility index (Phi) is 2.50. The molecule has 1 aromatic heterocycles. The third-order valence-corrected chi connectivity index (χ3v) is 8.51. The first-order chi connectivity index (χ1) is 37.8. The summed E-state index contributed by atoms with van der Waals surface area (Å²) in [4.78, 5) is 0. The molecule has 1 nitrogen and oxygen atoms in total. The molecular weight excluding hydrogens is 617 g/mol. The third kappa shape index (κ3) is 4.28. The zero-order valence-corrected chi connectivity index (χ0v) is 25.4. The van der Waals surface area contributed by atoms with Gasteiger partial charge in [0.15, 0.2) is 0 Å². The molecule has 1 heterocycles. The molecule has 0 bridgehead atoms. The highest BCUT2D eigenvalue weighted by molar-refractivity contribution is 6.23. The van der Waals surface area contributed by atoms with Crippen molar-refractivity contribution in [2.45, 2.75) is 0 Å². The smallest absolute Gasteiger partial charge is 0.136 e. The van der Waals surface area contributed by atoms with Crippen molar-refractivity contribution in [3.05, 3.63) is 181 Å². The predicted octanol–water partition coefficient (Wildman–Crippen LogP) is 14.4. The minimum absolute atomic E-state index is 0.466. The number of hydrogen-bond acceptors (Lipinski definition) is 1. The summed E-state index contributed by atoms with van der Waals surface area (Å²) in [6.07, 6.45) is 0. The van der Waals surface area contributed by atoms with E-state index in [4.69, 9.17) is 27.7 Å². The average Bonchev–Trinajstić information content (AvgIpc) is 3.91. The van der Waals surface area contributed by atoms with Crippen LogP contribution in [-0.4, -0.2) is 0 Å². The van der Waals surface area contributed by atoms with E-state index in [9.17, 15) is 17.8 Å². The van der Waals surface area contributed by atoms with Crippen LogP contribution in [0.15, 0.2) is 186 Å². The van der Waals surface area contributed by atoms with Crippen LogP contribution in [0.2, 0.25) is 0 Å². The zero-order chi connectivity index (χ0) is 59.6. The van der Waals surface area contributed by atoms with Crippen molar-refractivity contribution in [3.63, 3.8) is 0 Å². The Bertz CT molecular complexity index is 4850. The summed E-state index contributed by atoms with van der Waals surface area (Å²) in [5.41, 5.74) is -6.28. The van der Waals surface area contributed by atoms with Gasteiger partial charge < -0.3 is 4.42 Å². The standard InChI is InChI=1S/C50H30O/c1-2-13-34-30-47-45(28-33(34)12-1)44-29-37(25-26-46(44)51-47)50-42-20-7-5-18-40(42)49(41-19-6-8-21-43(41)50)36-16-9-15-35(27-36)39-22-10-14-32-24-23-31-11-3-4-17-38(31)48(32)39/h1-30H/i1D,2D,3D,4D,5D,6D,7D,8D,9D,10D,11D,12D,13D,14D,15D,16D,17D,18D,19D,20D,21D,22D,23D,24D,25D,26D,27D,28D,29D,30D. The molecule has 236 valence electrons.